The summed E-state index contributed by atoms with van der Waals surface area (Å²) in [5, 5.41) is 4.56. The van der Waals surface area contributed by atoms with Crippen molar-refractivity contribution in [3.8, 4) is 0 Å². The molecule has 6 nitrogen and oxygen atoms in total. The van der Waals surface area contributed by atoms with Gasteiger partial charge >= 0.3 is 0 Å². The van der Waals surface area contributed by atoms with Gasteiger partial charge in [-0.1, -0.05) is 19.3 Å². The number of morpholine rings is 1. The van der Waals surface area contributed by atoms with Crippen molar-refractivity contribution in [3.63, 3.8) is 0 Å². The summed E-state index contributed by atoms with van der Waals surface area (Å²) in [5.41, 5.74) is 1.34. The summed E-state index contributed by atoms with van der Waals surface area (Å²) in [4.78, 5) is 15.0. The van der Waals surface area contributed by atoms with Crippen LogP contribution in [0.3, 0.4) is 0 Å². The third-order valence-electron chi connectivity index (χ3n) is 5.32. The Hall–Kier alpha value is -1.40. The summed E-state index contributed by atoms with van der Waals surface area (Å²) in [6.07, 6.45) is 7.80. The second-order valence-corrected chi connectivity index (χ2v) is 8.02. The summed E-state index contributed by atoms with van der Waals surface area (Å²) in [5.74, 6) is 0.0528. The van der Waals surface area contributed by atoms with Gasteiger partial charge in [0.25, 0.3) is 5.91 Å². The number of methoxy groups -OCH3 is 1. The standard InChI is InChI=1S/C19H31N3O3/c1-14-17(10-20-22(14)15-8-6-5-7-9-15)18(23)21-11-16(12-24-4)25-19(2,3)13-21/h10,15-16H,5-9,11-13H2,1-4H3. The quantitative estimate of drug-likeness (QED) is 0.838. The van der Waals surface area contributed by atoms with Gasteiger partial charge < -0.3 is 14.4 Å². The lowest BCUT2D eigenvalue weighted by Gasteiger charge is -2.42. The van der Waals surface area contributed by atoms with Gasteiger partial charge in [-0.2, -0.15) is 5.10 Å². The molecule has 1 unspecified atom stereocenters. The largest absolute Gasteiger partial charge is 0.382 e. The maximum absolute atomic E-state index is 13.1. The molecule has 140 valence electrons. The lowest BCUT2D eigenvalue weighted by atomic mass is 9.95. The number of hydrogen-bond donors (Lipinski definition) is 0. The molecular formula is C19H31N3O3. The zero-order valence-corrected chi connectivity index (χ0v) is 16.0. The molecule has 0 N–H and O–H groups in total. The molecule has 0 aromatic carbocycles. The van der Waals surface area contributed by atoms with Crippen molar-refractivity contribution in [3.05, 3.63) is 17.5 Å². The predicted molar refractivity (Wildman–Crippen MR) is 95.8 cm³/mol. The Labute approximate surface area is 150 Å². The summed E-state index contributed by atoms with van der Waals surface area (Å²) >= 11 is 0. The fourth-order valence-corrected chi connectivity index (χ4v) is 4.22. The molecule has 0 spiro atoms. The molecule has 2 fully saturated rings. The number of nitrogens with zero attached hydrogens (tertiary/aromatic N) is 3. The van der Waals surface area contributed by atoms with E-state index in [9.17, 15) is 4.79 Å². The van der Waals surface area contributed by atoms with E-state index >= 15 is 0 Å². The first-order chi connectivity index (χ1) is 11.9. The van der Waals surface area contributed by atoms with Crippen molar-refractivity contribution >= 4 is 5.91 Å². The van der Waals surface area contributed by atoms with Crippen molar-refractivity contribution in [2.24, 2.45) is 0 Å². The number of carbonyl (C=O) groups excluding carboxylic acids is 1. The molecule has 1 aromatic rings. The number of rotatable bonds is 4. The van der Waals surface area contributed by atoms with Crippen molar-refractivity contribution in [2.45, 2.75) is 70.6 Å². The molecule has 1 aliphatic heterocycles. The van der Waals surface area contributed by atoms with E-state index in [4.69, 9.17) is 9.47 Å². The van der Waals surface area contributed by atoms with Gasteiger partial charge in [-0.3, -0.25) is 9.48 Å². The fraction of sp³-hybridized carbons (Fsp3) is 0.789. The zero-order valence-electron chi connectivity index (χ0n) is 16.0. The highest BCUT2D eigenvalue weighted by molar-refractivity contribution is 5.95. The molecular weight excluding hydrogens is 318 g/mol. The van der Waals surface area contributed by atoms with E-state index in [1.165, 1.54) is 19.3 Å². The van der Waals surface area contributed by atoms with E-state index in [2.05, 4.69) is 9.78 Å². The van der Waals surface area contributed by atoms with Crippen LogP contribution in [-0.2, 0) is 9.47 Å². The molecule has 1 aliphatic carbocycles. The lowest BCUT2D eigenvalue weighted by Crippen LogP contribution is -2.55. The maximum Gasteiger partial charge on any atom is 0.257 e. The Balaban J connectivity index is 1.77. The Morgan fingerprint density at radius 2 is 2.08 bits per heavy atom. The molecule has 1 saturated heterocycles. The lowest BCUT2D eigenvalue weighted by molar-refractivity contribution is -0.143. The first-order valence-corrected chi connectivity index (χ1v) is 9.41. The van der Waals surface area contributed by atoms with Gasteiger partial charge in [0.15, 0.2) is 0 Å². The second-order valence-electron chi connectivity index (χ2n) is 8.02. The minimum Gasteiger partial charge on any atom is -0.382 e. The molecule has 3 rings (SSSR count). The molecule has 0 radical (unpaired) electrons. The first-order valence-electron chi connectivity index (χ1n) is 9.41. The van der Waals surface area contributed by atoms with Gasteiger partial charge in [0.1, 0.15) is 0 Å². The Bertz CT molecular complexity index is 605. The number of aromatic nitrogens is 2. The Morgan fingerprint density at radius 3 is 2.76 bits per heavy atom. The van der Waals surface area contributed by atoms with Crippen LogP contribution in [0.1, 0.15) is 68.0 Å². The molecule has 0 bridgehead atoms. The van der Waals surface area contributed by atoms with Crippen molar-refractivity contribution in [1.82, 2.24) is 14.7 Å². The van der Waals surface area contributed by atoms with Crippen LogP contribution in [0, 0.1) is 6.92 Å². The molecule has 1 amide bonds. The highest BCUT2D eigenvalue weighted by Crippen LogP contribution is 2.30. The average Bonchev–Trinajstić information content (AvgIpc) is 2.95. The van der Waals surface area contributed by atoms with E-state index < -0.39 is 0 Å². The van der Waals surface area contributed by atoms with Crippen LogP contribution >= 0.6 is 0 Å². The van der Waals surface area contributed by atoms with E-state index in [0.29, 0.717) is 25.7 Å². The van der Waals surface area contributed by atoms with Gasteiger partial charge in [-0.25, -0.2) is 0 Å². The highest BCUT2D eigenvalue weighted by Gasteiger charge is 2.37. The fourth-order valence-electron chi connectivity index (χ4n) is 4.22. The van der Waals surface area contributed by atoms with Gasteiger partial charge in [-0.15, -0.1) is 0 Å². The molecule has 6 heteroatoms. The number of hydrogen-bond acceptors (Lipinski definition) is 4. The van der Waals surface area contributed by atoms with Crippen LogP contribution in [0.5, 0.6) is 0 Å². The number of amides is 1. The van der Waals surface area contributed by atoms with Crippen molar-refractivity contribution < 1.29 is 14.3 Å². The smallest absolute Gasteiger partial charge is 0.257 e. The van der Waals surface area contributed by atoms with Crippen LogP contribution in [0.15, 0.2) is 6.20 Å². The molecule has 25 heavy (non-hydrogen) atoms. The van der Waals surface area contributed by atoms with E-state index in [0.717, 1.165) is 24.1 Å². The second kappa shape index (κ2) is 7.46. The normalized spacial score (nSPS) is 24.5. The Kier molecular flexibility index (Phi) is 5.49. The highest BCUT2D eigenvalue weighted by atomic mass is 16.5. The van der Waals surface area contributed by atoms with Crippen LogP contribution < -0.4 is 0 Å². The average molecular weight is 349 g/mol. The van der Waals surface area contributed by atoms with Crippen LogP contribution in [0.25, 0.3) is 0 Å². The van der Waals surface area contributed by atoms with Crippen molar-refractivity contribution in [2.75, 3.05) is 26.8 Å². The monoisotopic (exact) mass is 349 g/mol. The van der Waals surface area contributed by atoms with E-state index in [1.54, 1.807) is 13.3 Å². The molecule has 1 atom stereocenters. The predicted octanol–water partition coefficient (Wildman–Crippen LogP) is 2.96. The zero-order chi connectivity index (χ0) is 18.0. The topological polar surface area (TPSA) is 56.6 Å². The molecule has 1 aromatic heterocycles. The van der Waals surface area contributed by atoms with Gasteiger partial charge in [0.2, 0.25) is 0 Å². The van der Waals surface area contributed by atoms with E-state index in [1.807, 2.05) is 25.7 Å². The first kappa shape index (κ1) is 18.4. The summed E-state index contributed by atoms with van der Waals surface area (Å²) in [6, 6.07) is 0.442. The molecule has 1 saturated carbocycles. The molecule has 2 aliphatic rings. The Morgan fingerprint density at radius 1 is 1.36 bits per heavy atom. The summed E-state index contributed by atoms with van der Waals surface area (Å²) < 4.78 is 13.3. The van der Waals surface area contributed by atoms with Crippen molar-refractivity contribution in [1.29, 1.82) is 0 Å². The van der Waals surface area contributed by atoms with Crippen LogP contribution in [0.2, 0.25) is 0 Å². The number of carbonyl (C=O) groups is 1. The minimum absolute atomic E-state index is 0.0528. The summed E-state index contributed by atoms with van der Waals surface area (Å²) in [7, 11) is 1.66. The number of ether oxygens (including phenoxy) is 2. The van der Waals surface area contributed by atoms with Gasteiger partial charge in [-0.05, 0) is 33.6 Å². The third-order valence-corrected chi connectivity index (χ3v) is 5.32. The molecule has 2 heterocycles. The maximum atomic E-state index is 13.1. The summed E-state index contributed by atoms with van der Waals surface area (Å²) in [6.45, 7) is 7.70. The third kappa shape index (κ3) is 4.06. The van der Waals surface area contributed by atoms with Gasteiger partial charge in [0, 0.05) is 25.9 Å². The van der Waals surface area contributed by atoms with Crippen LogP contribution in [0.4, 0.5) is 0 Å². The van der Waals surface area contributed by atoms with Gasteiger partial charge in [0.05, 0.1) is 36.1 Å². The van der Waals surface area contributed by atoms with E-state index in [-0.39, 0.29) is 17.6 Å². The van der Waals surface area contributed by atoms with Crippen LogP contribution in [-0.4, -0.2) is 59.1 Å². The minimum atomic E-state index is -0.371. The SMILES string of the molecule is COCC1CN(C(=O)c2cnn(C3CCCCC3)c2C)CC(C)(C)O1.